The zero-order valence-corrected chi connectivity index (χ0v) is 14.5. The predicted octanol–water partition coefficient (Wildman–Crippen LogP) is 4.27. The number of benzene rings is 2. The second-order valence-corrected chi connectivity index (χ2v) is 6.00. The zero-order chi connectivity index (χ0) is 15.2. The number of amides is 1. The molecule has 0 bridgehead atoms. The van der Waals surface area contributed by atoms with Gasteiger partial charge in [0.25, 0.3) is 0 Å². The third-order valence-electron chi connectivity index (χ3n) is 2.75. The number of carbonyl (C=O) groups excluding carboxylic acids is 1. The fraction of sp³-hybridized carbons (Fsp3) is 0.133. The Morgan fingerprint density at radius 3 is 2.62 bits per heavy atom. The van der Waals surface area contributed by atoms with Crippen LogP contribution < -0.4 is 15.4 Å². The molecule has 0 spiro atoms. The third-order valence-corrected chi connectivity index (χ3v) is 3.93. The van der Waals surface area contributed by atoms with E-state index in [0.29, 0.717) is 5.75 Å². The number of halogens is 2. The van der Waals surface area contributed by atoms with Crippen LogP contribution in [0.3, 0.4) is 0 Å². The molecule has 0 aliphatic carbocycles. The van der Waals surface area contributed by atoms with Crippen molar-refractivity contribution in [1.29, 1.82) is 0 Å². The van der Waals surface area contributed by atoms with Crippen molar-refractivity contribution in [1.82, 2.24) is 0 Å². The first-order valence-corrected chi connectivity index (χ1v) is 7.80. The zero-order valence-electron chi connectivity index (χ0n) is 11.3. The van der Waals surface area contributed by atoms with Gasteiger partial charge in [0.2, 0.25) is 5.91 Å². The van der Waals surface area contributed by atoms with E-state index < -0.39 is 0 Å². The van der Waals surface area contributed by atoms with Crippen LogP contribution in [-0.4, -0.2) is 19.6 Å². The van der Waals surface area contributed by atoms with Crippen molar-refractivity contribution in [3.05, 3.63) is 51.4 Å². The van der Waals surface area contributed by atoms with Gasteiger partial charge in [0.1, 0.15) is 5.75 Å². The molecule has 2 N–H and O–H groups in total. The van der Waals surface area contributed by atoms with Gasteiger partial charge in [-0.2, -0.15) is 0 Å². The van der Waals surface area contributed by atoms with E-state index in [1.165, 1.54) is 0 Å². The molecule has 0 radical (unpaired) electrons. The van der Waals surface area contributed by atoms with E-state index in [9.17, 15) is 4.79 Å². The summed E-state index contributed by atoms with van der Waals surface area (Å²) in [7, 11) is 1.59. The molecular weight excluding hydrogens is 400 g/mol. The molecule has 2 rings (SSSR count). The highest BCUT2D eigenvalue weighted by Gasteiger charge is 2.08. The first-order valence-electron chi connectivity index (χ1n) is 6.22. The quantitative estimate of drug-likeness (QED) is 0.769. The summed E-state index contributed by atoms with van der Waals surface area (Å²) in [5.41, 5.74) is 1.50. The van der Waals surface area contributed by atoms with E-state index in [2.05, 4.69) is 42.5 Å². The molecule has 0 heterocycles. The van der Waals surface area contributed by atoms with E-state index in [0.717, 1.165) is 20.3 Å². The number of anilines is 2. The lowest BCUT2D eigenvalue weighted by atomic mass is 10.3. The van der Waals surface area contributed by atoms with Gasteiger partial charge in [-0.3, -0.25) is 4.79 Å². The minimum absolute atomic E-state index is 0.135. The lowest BCUT2D eigenvalue weighted by Crippen LogP contribution is -2.22. The Hall–Kier alpha value is -1.53. The van der Waals surface area contributed by atoms with Crippen molar-refractivity contribution >= 4 is 49.1 Å². The van der Waals surface area contributed by atoms with Crippen molar-refractivity contribution < 1.29 is 9.53 Å². The van der Waals surface area contributed by atoms with Crippen LogP contribution in [0.1, 0.15) is 0 Å². The maximum absolute atomic E-state index is 12.0. The number of ether oxygens (including phenoxy) is 1. The van der Waals surface area contributed by atoms with Gasteiger partial charge in [-0.15, -0.1) is 0 Å². The Labute approximate surface area is 140 Å². The van der Waals surface area contributed by atoms with E-state index in [-0.39, 0.29) is 12.5 Å². The van der Waals surface area contributed by atoms with Gasteiger partial charge in [0.15, 0.2) is 0 Å². The van der Waals surface area contributed by atoms with E-state index >= 15 is 0 Å². The molecule has 0 saturated heterocycles. The fourth-order valence-corrected chi connectivity index (χ4v) is 2.50. The summed E-state index contributed by atoms with van der Waals surface area (Å²) in [6.07, 6.45) is 0. The Morgan fingerprint density at radius 2 is 1.90 bits per heavy atom. The molecule has 0 aliphatic heterocycles. The van der Waals surface area contributed by atoms with Crippen molar-refractivity contribution in [3.8, 4) is 5.75 Å². The predicted molar refractivity (Wildman–Crippen MR) is 92.0 cm³/mol. The summed E-state index contributed by atoms with van der Waals surface area (Å²) in [5.74, 6) is 0.552. The second kappa shape index (κ2) is 7.47. The van der Waals surface area contributed by atoms with Crippen molar-refractivity contribution in [2.24, 2.45) is 0 Å². The number of para-hydroxylation sites is 1. The molecule has 2 aromatic rings. The molecular formula is C15H14Br2N2O2. The summed E-state index contributed by atoms with van der Waals surface area (Å²) in [4.78, 5) is 12.0. The first-order chi connectivity index (χ1) is 10.1. The van der Waals surface area contributed by atoms with Crippen LogP contribution in [0.5, 0.6) is 5.75 Å². The summed E-state index contributed by atoms with van der Waals surface area (Å²) in [6, 6.07) is 13.0. The van der Waals surface area contributed by atoms with Crippen LogP contribution >= 0.6 is 31.9 Å². The number of carbonyl (C=O) groups is 1. The third kappa shape index (κ3) is 4.47. The summed E-state index contributed by atoms with van der Waals surface area (Å²) < 4.78 is 7.01. The number of hydrogen-bond acceptors (Lipinski definition) is 3. The Morgan fingerprint density at radius 1 is 1.14 bits per heavy atom. The number of methoxy groups -OCH3 is 1. The van der Waals surface area contributed by atoms with Gasteiger partial charge in [-0.25, -0.2) is 0 Å². The molecule has 0 atom stereocenters. The average molecular weight is 414 g/mol. The highest BCUT2D eigenvalue weighted by Crippen LogP contribution is 2.27. The molecule has 0 saturated carbocycles. The molecule has 1 amide bonds. The van der Waals surface area contributed by atoms with E-state index in [1.54, 1.807) is 7.11 Å². The van der Waals surface area contributed by atoms with E-state index in [4.69, 9.17) is 4.74 Å². The topological polar surface area (TPSA) is 50.4 Å². The Balaban J connectivity index is 1.98. The van der Waals surface area contributed by atoms with Crippen LogP contribution in [0.2, 0.25) is 0 Å². The molecule has 2 aromatic carbocycles. The standard InChI is InChI=1S/C15H14Br2N2O2/c1-21-14-7-6-10(16)8-13(14)18-9-15(20)19-12-5-3-2-4-11(12)17/h2-8,18H,9H2,1H3,(H,19,20). The van der Waals surface area contributed by atoms with Crippen LogP contribution in [0.15, 0.2) is 51.4 Å². The molecule has 0 fully saturated rings. The lowest BCUT2D eigenvalue weighted by Gasteiger charge is -2.12. The number of rotatable bonds is 5. The normalized spacial score (nSPS) is 10.0. The fourth-order valence-electron chi connectivity index (χ4n) is 1.75. The van der Waals surface area contributed by atoms with Crippen LogP contribution in [0.25, 0.3) is 0 Å². The van der Waals surface area contributed by atoms with Gasteiger partial charge >= 0.3 is 0 Å². The molecule has 4 nitrogen and oxygen atoms in total. The van der Waals surface area contributed by atoms with Crippen LogP contribution in [0, 0.1) is 0 Å². The maximum atomic E-state index is 12.0. The molecule has 0 aliphatic rings. The van der Waals surface area contributed by atoms with Crippen LogP contribution in [0.4, 0.5) is 11.4 Å². The smallest absolute Gasteiger partial charge is 0.243 e. The molecule has 0 aromatic heterocycles. The van der Waals surface area contributed by atoms with Gasteiger partial charge < -0.3 is 15.4 Å². The monoisotopic (exact) mass is 412 g/mol. The highest BCUT2D eigenvalue weighted by atomic mass is 79.9. The molecule has 0 unspecified atom stereocenters. The minimum atomic E-state index is -0.135. The van der Waals surface area contributed by atoms with Gasteiger partial charge in [-0.05, 0) is 46.3 Å². The number of hydrogen-bond donors (Lipinski definition) is 2. The summed E-state index contributed by atoms with van der Waals surface area (Å²) in [6.45, 7) is 0.147. The van der Waals surface area contributed by atoms with Crippen molar-refractivity contribution in [2.45, 2.75) is 0 Å². The van der Waals surface area contributed by atoms with Crippen molar-refractivity contribution in [3.63, 3.8) is 0 Å². The lowest BCUT2D eigenvalue weighted by molar-refractivity contribution is -0.114. The van der Waals surface area contributed by atoms with Gasteiger partial charge in [-0.1, -0.05) is 28.1 Å². The van der Waals surface area contributed by atoms with Gasteiger partial charge in [0, 0.05) is 8.95 Å². The maximum Gasteiger partial charge on any atom is 0.243 e. The molecule has 6 heteroatoms. The SMILES string of the molecule is COc1ccc(Br)cc1NCC(=O)Nc1ccccc1Br. The largest absolute Gasteiger partial charge is 0.495 e. The van der Waals surface area contributed by atoms with Crippen molar-refractivity contribution in [2.75, 3.05) is 24.3 Å². The average Bonchev–Trinajstić information content (AvgIpc) is 2.48. The number of nitrogens with one attached hydrogen (secondary N) is 2. The Bertz CT molecular complexity index is 647. The highest BCUT2D eigenvalue weighted by molar-refractivity contribution is 9.10. The second-order valence-electron chi connectivity index (χ2n) is 4.23. The summed E-state index contributed by atoms with van der Waals surface area (Å²) in [5, 5.41) is 5.89. The van der Waals surface area contributed by atoms with Crippen LogP contribution in [-0.2, 0) is 4.79 Å². The van der Waals surface area contributed by atoms with Gasteiger partial charge in [0.05, 0.1) is 25.0 Å². The molecule has 110 valence electrons. The minimum Gasteiger partial charge on any atom is -0.495 e. The summed E-state index contributed by atoms with van der Waals surface area (Å²) >= 11 is 6.79. The molecule has 21 heavy (non-hydrogen) atoms. The van der Waals surface area contributed by atoms with E-state index in [1.807, 2.05) is 42.5 Å². The Kier molecular flexibility index (Phi) is 5.64. The first kappa shape index (κ1) is 15.9.